The fraction of sp³-hybridized carbons (Fsp3) is 0.688. The van der Waals surface area contributed by atoms with Crippen LogP contribution in [0.25, 0.3) is 0 Å². The van der Waals surface area contributed by atoms with Crippen molar-refractivity contribution >= 4 is 51.4 Å². The van der Waals surface area contributed by atoms with E-state index in [-0.39, 0.29) is 43.0 Å². The highest BCUT2D eigenvalue weighted by Gasteiger charge is 2.31. The number of rotatable bonds is 5. The third-order valence-corrected chi connectivity index (χ3v) is 6.61. The summed E-state index contributed by atoms with van der Waals surface area (Å²) in [6.45, 7) is 7.31. The number of carbonyl (C=O) groups is 1. The fourth-order valence-electron chi connectivity index (χ4n) is 2.48. The maximum Gasteiger partial charge on any atom is 0.246 e. The van der Waals surface area contributed by atoms with Crippen molar-refractivity contribution in [1.82, 2.24) is 20.0 Å². The van der Waals surface area contributed by atoms with Crippen LogP contribution in [0.3, 0.4) is 0 Å². The largest absolute Gasteiger partial charge is 0.357 e. The zero-order valence-corrected chi connectivity index (χ0v) is 19.6. The van der Waals surface area contributed by atoms with E-state index in [1.807, 2.05) is 25.1 Å². The number of nitrogens with one attached hydrogen (secondary N) is 1. The molecule has 1 amide bonds. The molecule has 1 N–H and O–H groups in total. The summed E-state index contributed by atoms with van der Waals surface area (Å²) in [5.41, 5.74) is 0.775. The summed E-state index contributed by atoms with van der Waals surface area (Å²) in [7, 11) is -1.43. The van der Waals surface area contributed by atoms with E-state index in [4.69, 9.17) is 0 Å². The minimum Gasteiger partial charge on any atom is -0.357 e. The summed E-state index contributed by atoms with van der Waals surface area (Å²) in [6.07, 6.45) is 4.69. The smallest absolute Gasteiger partial charge is 0.246 e. The third kappa shape index (κ3) is 5.80. The Hall–Kier alpha value is -1.37. The van der Waals surface area contributed by atoms with E-state index in [9.17, 15) is 13.2 Å². The highest BCUT2D eigenvalue weighted by molar-refractivity contribution is 14.0. The Kier molecular flexibility index (Phi) is 8.08. The first kappa shape index (κ1) is 23.7. The molecule has 1 fully saturated rings. The maximum absolute atomic E-state index is 12.6. The van der Waals surface area contributed by atoms with Crippen molar-refractivity contribution in [1.29, 1.82) is 0 Å². The lowest BCUT2D eigenvalue weighted by atomic mass is 10.2. The summed E-state index contributed by atoms with van der Waals surface area (Å²) in [6, 6.07) is 0. The predicted molar refractivity (Wildman–Crippen MR) is 117 cm³/mol. The van der Waals surface area contributed by atoms with Gasteiger partial charge in [0.1, 0.15) is 6.54 Å². The van der Waals surface area contributed by atoms with Gasteiger partial charge in [-0.2, -0.15) is 5.10 Å². The van der Waals surface area contributed by atoms with Crippen molar-refractivity contribution < 1.29 is 13.2 Å². The lowest BCUT2D eigenvalue weighted by molar-refractivity contribution is -0.120. The van der Waals surface area contributed by atoms with Gasteiger partial charge in [0.05, 0.1) is 23.2 Å². The molecule has 1 aromatic rings. The number of sulfone groups is 1. The minimum atomic E-state index is -3.23. The van der Waals surface area contributed by atoms with Crippen LogP contribution in [0, 0.1) is 0 Å². The number of aryl methyl sites for hydroxylation is 1. The Labute approximate surface area is 178 Å². The number of halogens is 1. The van der Waals surface area contributed by atoms with Crippen LogP contribution in [0.4, 0.5) is 5.69 Å². The van der Waals surface area contributed by atoms with Crippen molar-refractivity contribution in [2.45, 2.75) is 25.5 Å². The molecule has 9 nitrogen and oxygen atoms in total. The third-order valence-electron chi connectivity index (χ3n) is 4.47. The highest BCUT2D eigenvalue weighted by Crippen LogP contribution is 2.18. The standard InChI is InChI=1S/C16H28N6O3S.HI/c1-6-17-15(18-12-16(2,3)26(5,24)25)21-7-8-22(14(23)11-21)13-9-19-20(4)10-13;/h9-10H,6-8,11-12H2,1-5H3,(H,17,18);1H. The molecule has 11 heteroatoms. The number of nitrogens with zero attached hydrogens (tertiary/aromatic N) is 5. The second-order valence-electron chi connectivity index (χ2n) is 7.04. The fourth-order valence-corrected chi connectivity index (χ4v) is 2.78. The summed E-state index contributed by atoms with van der Waals surface area (Å²) in [5.74, 6) is 0.514. The second-order valence-corrected chi connectivity index (χ2v) is 9.69. The number of hydrogen-bond donors (Lipinski definition) is 1. The van der Waals surface area contributed by atoms with Crippen LogP contribution in [0.1, 0.15) is 20.8 Å². The van der Waals surface area contributed by atoms with E-state index in [0.717, 1.165) is 5.69 Å². The van der Waals surface area contributed by atoms with Crippen molar-refractivity contribution in [2.24, 2.45) is 12.0 Å². The molecule has 1 aliphatic rings. The van der Waals surface area contributed by atoms with Gasteiger partial charge < -0.3 is 15.1 Å². The van der Waals surface area contributed by atoms with Crippen LogP contribution in [0.2, 0.25) is 0 Å². The quantitative estimate of drug-likeness (QED) is 0.350. The molecule has 0 radical (unpaired) electrons. The predicted octanol–water partition coefficient (Wildman–Crippen LogP) is 0.475. The van der Waals surface area contributed by atoms with Crippen LogP contribution in [0.5, 0.6) is 0 Å². The zero-order valence-electron chi connectivity index (χ0n) is 16.5. The van der Waals surface area contributed by atoms with Gasteiger partial charge in [0.25, 0.3) is 0 Å². The van der Waals surface area contributed by atoms with E-state index in [1.165, 1.54) is 6.26 Å². The second kappa shape index (κ2) is 9.22. The maximum atomic E-state index is 12.6. The van der Waals surface area contributed by atoms with E-state index in [2.05, 4.69) is 15.4 Å². The molecular weight excluding hydrogens is 483 g/mol. The number of carbonyl (C=O) groups excluding carboxylic acids is 1. The molecule has 0 aromatic carbocycles. The summed E-state index contributed by atoms with van der Waals surface area (Å²) in [5, 5.41) is 7.26. The first-order valence-corrected chi connectivity index (χ1v) is 10.5. The Morgan fingerprint density at radius 2 is 2.04 bits per heavy atom. The van der Waals surface area contributed by atoms with Gasteiger partial charge in [0, 0.05) is 39.1 Å². The molecule has 0 unspecified atom stereocenters. The zero-order chi connectivity index (χ0) is 19.5. The number of hydrogen-bond acceptors (Lipinski definition) is 5. The van der Waals surface area contributed by atoms with Gasteiger partial charge in [-0.05, 0) is 20.8 Å². The lowest BCUT2D eigenvalue weighted by Gasteiger charge is -2.35. The summed E-state index contributed by atoms with van der Waals surface area (Å²) < 4.78 is 24.5. The first-order chi connectivity index (χ1) is 12.0. The van der Waals surface area contributed by atoms with Gasteiger partial charge in [-0.25, -0.2) is 8.42 Å². The van der Waals surface area contributed by atoms with Crippen LogP contribution >= 0.6 is 24.0 Å². The van der Waals surface area contributed by atoms with Gasteiger partial charge in [-0.3, -0.25) is 14.5 Å². The molecule has 2 heterocycles. The van der Waals surface area contributed by atoms with Crippen LogP contribution in [0.15, 0.2) is 17.4 Å². The van der Waals surface area contributed by atoms with Gasteiger partial charge in [0.15, 0.2) is 15.8 Å². The summed E-state index contributed by atoms with van der Waals surface area (Å²) in [4.78, 5) is 20.6. The molecule has 1 saturated heterocycles. The summed E-state index contributed by atoms with van der Waals surface area (Å²) >= 11 is 0. The molecule has 27 heavy (non-hydrogen) atoms. The van der Waals surface area contributed by atoms with Gasteiger partial charge in [0.2, 0.25) is 5.91 Å². The number of aromatic nitrogens is 2. The number of aliphatic imine (C=N–C) groups is 1. The lowest BCUT2D eigenvalue weighted by Crippen LogP contribution is -2.55. The van der Waals surface area contributed by atoms with Crippen molar-refractivity contribution in [3.05, 3.63) is 12.4 Å². The number of amides is 1. The molecular formula is C16H29IN6O3S. The highest BCUT2D eigenvalue weighted by atomic mass is 127. The molecule has 2 rings (SSSR count). The van der Waals surface area contributed by atoms with E-state index >= 15 is 0 Å². The Morgan fingerprint density at radius 3 is 2.52 bits per heavy atom. The van der Waals surface area contributed by atoms with E-state index in [0.29, 0.717) is 25.6 Å². The average molecular weight is 512 g/mol. The molecule has 154 valence electrons. The van der Waals surface area contributed by atoms with Crippen LogP contribution < -0.4 is 10.2 Å². The monoisotopic (exact) mass is 512 g/mol. The van der Waals surface area contributed by atoms with E-state index in [1.54, 1.807) is 29.6 Å². The molecule has 0 saturated carbocycles. The van der Waals surface area contributed by atoms with Crippen LogP contribution in [-0.2, 0) is 21.7 Å². The molecule has 0 aliphatic carbocycles. The molecule has 0 bridgehead atoms. The van der Waals surface area contributed by atoms with E-state index < -0.39 is 14.6 Å². The first-order valence-electron chi connectivity index (χ1n) is 8.57. The molecule has 1 aliphatic heterocycles. The minimum absolute atomic E-state index is 0. The average Bonchev–Trinajstić information content (AvgIpc) is 2.96. The van der Waals surface area contributed by atoms with Crippen molar-refractivity contribution in [2.75, 3.05) is 43.9 Å². The SMILES string of the molecule is CCNC(=NCC(C)(C)S(C)(=O)=O)N1CCN(c2cnn(C)c2)C(=O)C1.I. The number of piperazine rings is 1. The Morgan fingerprint density at radius 1 is 1.37 bits per heavy atom. The topological polar surface area (TPSA) is 99.9 Å². The van der Waals surface area contributed by atoms with Gasteiger partial charge in [-0.1, -0.05) is 0 Å². The molecule has 1 aromatic heterocycles. The normalized spacial score (nSPS) is 16.3. The Bertz CT molecular complexity index is 790. The van der Waals surface area contributed by atoms with Crippen LogP contribution in [-0.4, -0.2) is 78.7 Å². The van der Waals surface area contributed by atoms with Crippen molar-refractivity contribution in [3.63, 3.8) is 0 Å². The van der Waals surface area contributed by atoms with Gasteiger partial charge >= 0.3 is 0 Å². The van der Waals surface area contributed by atoms with Gasteiger partial charge in [-0.15, -0.1) is 24.0 Å². The number of guanidine groups is 1. The molecule has 0 atom stereocenters. The Balaban J connectivity index is 0.00000364. The molecule has 0 spiro atoms. The van der Waals surface area contributed by atoms with Crippen molar-refractivity contribution in [3.8, 4) is 0 Å². The number of anilines is 1.